The summed E-state index contributed by atoms with van der Waals surface area (Å²) in [5.74, 6) is -0.344. The molecule has 0 unspecified atom stereocenters. The lowest BCUT2D eigenvalue weighted by Crippen LogP contribution is -2.34. The molecule has 2 N–H and O–H groups in total. The Kier molecular flexibility index (Phi) is 14.7. The van der Waals surface area contributed by atoms with Crippen LogP contribution in [0.15, 0.2) is 70.7 Å². The lowest BCUT2D eigenvalue weighted by molar-refractivity contribution is -0.122. The van der Waals surface area contributed by atoms with Gasteiger partial charge in [0.15, 0.2) is 0 Å². The summed E-state index contributed by atoms with van der Waals surface area (Å²) in [5, 5.41) is 0.139. The van der Waals surface area contributed by atoms with E-state index in [1.807, 2.05) is 56.3 Å². The number of carbonyl (C=O) groups excluding carboxylic acids is 1. The van der Waals surface area contributed by atoms with Crippen LogP contribution in [0.25, 0.3) is 5.57 Å². The van der Waals surface area contributed by atoms with Crippen molar-refractivity contribution in [1.82, 2.24) is 9.80 Å². The number of amides is 1. The maximum absolute atomic E-state index is 14.0. The summed E-state index contributed by atoms with van der Waals surface area (Å²) in [4.78, 5) is 20.1. The highest BCUT2D eigenvalue weighted by atomic mass is 35.5. The van der Waals surface area contributed by atoms with Crippen LogP contribution in [0, 0.1) is 12.7 Å². The molecule has 5 nitrogen and oxygen atoms in total. The third kappa shape index (κ3) is 9.04. The summed E-state index contributed by atoms with van der Waals surface area (Å²) in [6.45, 7) is 17.3. The minimum absolute atomic E-state index is 0.0336. The average Bonchev–Trinajstić information content (AvgIpc) is 2.94. The van der Waals surface area contributed by atoms with E-state index in [9.17, 15) is 9.18 Å². The lowest BCUT2D eigenvalue weighted by atomic mass is 9.97. The molecule has 39 heavy (non-hydrogen) atoms. The number of nitrogens with two attached hydrogens (primary N) is 1. The molecular weight excluding hydrogens is 511 g/mol. The Morgan fingerprint density at radius 2 is 1.90 bits per heavy atom. The summed E-state index contributed by atoms with van der Waals surface area (Å²) < 4.78 is 14.0. The van der Waals surface area contributed by atoms with Gasteiger partial charge in [0.05, 0.1) is 5.02 Å². The lowest BCUT2D eigenvalue weighted by Gasteiger charge is -2.28. The van der Waals surface area contributed by atoms with Crippen LogP contribution in [0.3, 0.4) is 0 Å². The van der Waals surface area contributed by atoms with Crippen molar-refractivity contribution in [3.63, 3.8) is 0 Å². The van der Waals surface area contributed by atoms with Gasteiger partial charge < -0.3 is 15.5 Å². The minimum Gasteiger partial charge on any atom is -0.341 e. The molecule has 1 aliphatic rings. The first-order chi connectivity index (χ1) is 18.5. The van der Waals surface area contributed by atoms with Gasteiger partial charge in [-0.2, -0.15) is 0 Å². The van der Waals surface area contributed by atoms with E-state index in [-0.39, 0.29) is 16.7 Å². The highest BCUT2D eigenvalue weighted by molar-refractivity contribution is 6.45. The van der Waals surface area contributed by atoms with Gasteiger partial charge in [0, 0.05) is 38.2 Å². The first kappa shape index (κ1) is 34.1. The number of hydrogen-bond donors (Lipinski definition) is 1. The number of rotatable bonds is 10. The maximum Gasteiger partial charge on any atom is 0.271 e. The van der Waals surface area contributed by atoms with E-state index in [2.05, 4.69) is 32.3 Å². The molecule has 0 atom stereocenters. The van der Waals surface area contributed by atoms with Crippen LogP contribution >= 0.6 is 11.6 Å². The molecule has 1 amide bonds. The highest BCUT2D eigenvalue weighted by Crippen LogP contribution is 2.32. The predicted octanol–water partition coefficient (Wildman–Crippen LogP) is 7.83. The van der Waals surface area contributed by atoms with Crippen molar-refractivity contribution in [1.29, 1.82) is 0 Å². The molecule has 0 aliphatic carbocycles. The second kappa shape index (κ2) is 16.9. The first-order valence-electron chi connectivity index (χ1n) is 13.6. The van der Waals surface area contributed by atoms with Crippen LogP contribution in [0.2, 0.25) is 5.02 Å². The second-order valence-corrected chi connectivity index (χ2v) is 9.79. The molecule has 0 fully saturated rings. The van der Waals surface area contributed by atoms with Crippen LogP contribution in [0.4, 0.5) is 4.39 Å². The van der Waals surface area contributed by atoms with Gasteiger partial charge in [-0.25, -0.2) is 4.39 Å². The smallest absolute Gasteiger partial charge is 0.271 e. The predicted molar refractivity (Wildman–Crippen MR) is 166 cm³/mol. The number of benzene rings is 1. The molecule has 1 aliphatic heterocycles. The van der Waals surface area contributed by atoms with Crippen molar-refractivity contribution < 1.29 is 9.18 Å². The van der Waals surface area contributed by atoms with Gasteiger partial charge in [0.2, 0.25) is 0 Å². The number of halogens is 2. The molecule has 2 rings (SSSR count). The molecule has 0 aromatic heterocycles. The fraction of sp³-hybridized carbons (Fsp3) is 0.438. The van der Waals surface area contributed by atoms with Gasteiger partial charge in [-0.1, -0.05) is 62.2 Å². The quantitative estimate of drug-likeness (QED) is 0.299. The zero-order valence-electron chi connectivity index (χ0n) is 25.0. The third-order valence-corrected chi connectivity index (χ3v) is 7.10. The topological polar surface area (TPSA) is 61.9 Å². The molecule has 214 valence electrons. The SMILES string of the molecule is C=C1C=CC(c2ccc(Cl)c(F)c2C)=CN1/C(=C\C)CCN.CCC/C(C(=NC)C(=O)N(C)CC)=C(\C)CC. The van der Waals surface area contributed by atoms with E-state index in [0.29, 0.717) is 24.4 Å². The molecule has 0 spiro atoms. The number of carbonyl (C=O) groups is 1. The van der Waals surface area contributed by atoms with E-state index in [1.54, 1.807) is 24.9 Å². The zero-order chi connectivity index (χ0) is 29.7. The Labute approximate surface area is 240 Å². The summed E-state index contributed by atoms with van der Waals surface area (Å²) in [6, 6.07) is 3.42. The fourth-order valence-corrected chi connectivity index (χ4v) is 4.36. The monoisotopic (exact) mass is 556 g/mol. The van der Waals surface area contributed by atoms with Crippen LogP contribution in [0.5, 0.6) is 0 Å². The normalized spacial score (nSPS) is 14.5. The van der Waals surface area contributed by atoms with E-state index in [4.69, 9.17) is 17.3 Å². The van der Waals surface area contributed by atoms with Crippen LogP contribution in [0.1, 0.15) is 71.4 Å². The standard InChI is InChI=1S/C18H20ClFN2.C14H26N2O/c1-4-15(9-10-21)22-11-14(6-5-12(22)2)16-7-8-17(19)18(20)13(16)3;1-7-10-12(11(4)8-2)13(15-5)14(17)16(6)9-3/h4-8,11H,2,9-10,21H2,1,3H3;7-10H2,1-6H3/b15-4-;12-11-,15-13?. The van der Waals surface area contributed by atoms with Crippen molar-refractivity contribution in [2.24, 2.45) is 10.7 Å². The number of nitrogens with zero attached hydrogens (tertiary/aromatic N) is 3. The van der Waals surface area contributed by atoms with Gasteiger partial charge in [-0.3, -0.25) is 9.79 Å². The van der Waals surface area contributed by atoms with Gasteiger partial charge in [0.1, 0.15) is 11.5 Å². The van der Waals surface area contributed by atoms with Crippen molar-refractivity contribution in [2.75, 3.05) is 27.2 Å². The van der Waals surface area contributed by atoms with Crippen molar-refractivity contribution >= 4 is 28.8 Å². The average molecular weight is 557 g/mol. The van der Waals surface area contributed by atoms with Crippen molar-refractivity contribution in [2.45, 2.75) is 67.2 Å². The molecular formula is C32H46ClFN4O. The molecule has 1 aromatic rings. The number of hydrogen-bond acceptors (Lipinski definition) is 4. The number of allylic oxidation sites excluding steroid dienone is 5. The van der Waals surface area contributed by atoms with E-state index >= 15 is 0 Å². The van der Waals surface area contributed by atoms with Crippen LogP contribution < -0.4 is 5.73 Å². The van der Waals surface area contributed by atoms with Gasteiger partial charge in [-0.05, 0) is 87.9 Å². The molecule has 1 heterocycles. The molecule has 0 radical (unpaired) electrons. The first-order valence-corrected chi connectivity index (χ1v) is 14.0. The van der Waals surface area contributed by atoms with E-state index in [1.165, 1.54) is 5.57 Å². The maximum atomic E-state index is 14.0. The Morgan fingerprint density at radius 3 is 2.41 bits per heavy atom. The fourth-order valence-electron chi connectivity index (χ4n) is 4.16. The van der Waals surface area contributed by atoms with Gasteiger partial charge in [-0.15, -0.1) is 0 Å². The van der Waals surface area contributed by atoms with Crippen LogP contribution in [-0.2, 0) is 4.79 Å². The van der Waals surface area contributed by atoms with Crippen molar-refractivity contribution in [3.8, 4) is 0 Å². The Hall–Kier alpha value is -2.96. The largest absolute Gasteiger partial charge is 0.341 e. The Morgan fingerprint density at radius 1 is 1.23 bits per heavy atom. The molecule has 0 saturated heterocycles. The molecule has 0 saturated carbocycles. The Bertz CT molecular complexity index is 1180. The van der Waals surface area contributed by atoms with Gasteiger partial charge in [0.25, 0.3) is 5.91 Å². The zero-order valence-corrected chi connectivity index (χ0v) is 25.8. The summed E-state index contributed by atoms with van der Waals surface area (Å²) in [6.07, 6.45) is 11.5. The van der Waals surface area contributed by atoms with E-state index in [0.717, 1.165) is 53.8 Å². The summed E-state index contributed by atoms with van der Waals surface area (Å²) in [7, 11) is 3.52. The minimum atomic E-state index is -0.377. The van der Waals surface area contributed by atoms with Gasteiger partial charge >= 0.3 is 0 Å². The molecule has 1 aromatic carbocycles. The second-order valence-electron chi connectivity index (χ2n) is 9.39. The summed E-state index contributed by atoms with van der Waals surface area (Å²) >= 11 is 5.83. The molecule has 7 heteroatoms. The Balaban J connectivity index is 0.000000406. The number of aliphatic imine (C=N–C) groups is 1. The van der Waals surface area contributed by atoms with Crippen molar-refractivity contribution in [3.05, 3.63) is 87.6 Å². The van der Waals surface area contributed by atoms with Crippen LogP contribution in [-0.4, -0.2) is 48.6 Å². The summed E-state index contributed by atoms with van der Waals surface area (Å²) in [5.41, 5.74) is 12.9. The highest BCUT2D eigenvalue weighted by Gasteiger charge is 2.20. The molecule has 0 bridgehead atoms. The van der Waals surface area contributed by atoms with E-state index < -0.39 is 0 Å². The third-order valence-electron chi connectivity index (χ3n) is 6.80.